The summed E-state index contributed by atoms with van der Waals surface area (Å²) in [7, 11) is 0. The molecular weight excluding hydrogens is 353 g/mol. The molecule has 2 heterocycles. The number of halogens is 3. The molecule has 0 atom stereocenters. The molecule has 1 fully saturated rings. The molecule has 4 rings (SSSR count). The normalized spacial score (nSPS) is 15.1. The molecule has 0 radical (unpaired) electrons. The number of alkyl halides is 3. The summed E-state index contributed by atoms with van der Waals surface area (Å²) in [5, 5.41) is 3.89. The number of rotatable bonds is 3. The average molecular weight is 372 g/mol. The van der Waals surface area contributed by atoms with Crippen molar-refractivity contribution in [2.75, 3.05) is 23.3 Å². The zero-order chi connectivity index (χ0) is 18.9. The first-order chi connectivity index (χ1) is 13.0. The van der Waals surface area contributed by atoms with E-state index in [1.165, 1.54) is 12.5 Å². The highest BCUT2D eigenvalue weighted by molar-refractivity contribution is 5.90. The molecule has 1 N–H and O–H groups in total. The fourth-order valence-corrected chi connectivity index (χ4v) is 3.36. The van der Waals surface area contributed by atoms with Crippen LogP contribution in [0.15, 0.2) is 48.5 Å². The van der Waals surface area contributed by atoms with Gasteiger partial charge >= 0.3 is 6.18 Å². The maximum Gasteiger partial charge on any atom is 0.416 e. The minimum Gasteiger partial charge on any atom is -0.356 e. The Morgan fingerprint density at radius 3 is 2.44 bits per heavy atom. The molecule has 4 nitrogen and oxygen atoms in total. The number of benzene rings is 2. The number of piperidine rings is 1. The summed E-state index contributed by atoms with van der Waals surface area (Å²) in [6.07, 6.45) is -0.973. The van der Waals surface area contributed by atoms with E-state index in [9.17, 15) is 13.2 Å². The molecule has 2 aromatic carbocycles. The predicted octanol–water partition coefficient (Wildman–Crippen LogP) is 5.38. The Labute approximate surface area is 155 Å². The lowest BCUT2D eigenvalue weighted by Gasteiger charge is -2.29. The average Bonchev–Trinajstić information content (AvgIpc) is 2.68. The van der Waals surface area contributed by atoms with Crippen LogP contribution < -0.4 is 10.2 Å². The molecule has 7 heteroatoms. The predicted molar refractivity (Wildman–Crippen MR) is 100 cm³/mol. The number of nitrogens with zero attached hydrogens (tertiary/aromatic N) is 3. The van der Waals surface area contributed by atoms with Gasteiger partial charge in [-0.2, -0.15) is 18.2 Å². The lowest BCUT2D eigenvalue weighted by Crippen LogP contribution is -2.30. The van der Waals surface area contributed by atoms with Crippen molar-refractivity contribution < 1.29 is 13.2 Å². The van der Waals surface area contributed by atoms with E-state index in [2.05, 4.69) is 20.2 Å². The van der Waals surface area contributed by atoms with Crippen molar-refractivity contribution in [3.8, 4) is 0 Å². The highest BCUT2D eigenvalue weighted by Gasteiger charge is 2.30. The van der Waals surface area contributed by atoms with Crippen LogP contribution in [-0.4, -0.2) is 23.1 Å². The molecule has 0 aliphatic carbocycles. The molecule has 0 amide bonds. The van der Waals surface area contributed by atoms with Crippen LogP contribution in [0, 0.1) is 0 Å². The summed E-state index contributed by atoms with van der Waals surface area (Å²) in [6.45, 7) is 1.84. The lowest BCUT2D eigenvalue weighted by molar-refractivity contribution is -0.137. The van der Waals surface area contributed by atoms with Gasteiger partial charge in [-0.15, -0.1) is 0 Å². The van der Waals surface area contributed by atoms with Gasteiger partial charge in [0.05, 0.1) is 11.1 Å². The highest BCUT2D eigenvalue weighted by Crippen LogP contribution is 2.32. The van der Waals surface area contributed by atoms with Gasteiger partial charge in [-0.1, -0.05) is 18.2 Å². The molecule has 1 saturated heterocycles. The number of hydrogen-bond donors (Lipinski definition) is 1. The zero-order valence-corrected chi connectivity index (χ0v) is 14.6. The zero-order valence-electron chi connectivity index (χ0n) is 14.6. The Kier molecular flexibility index (Phi) is 4.59. The van der Waals surface area contributed by atoms with Crippen molar-refractivity contribution in [2.24, 2.45) is 0 Å². The van der Waals surface area contributed by atoms with E-state index in [4.69, 9.17) is 0 Å². The van der Waals surface area contributed by atoms with Crippen LogP contribution in [0.25, 0.3) is 10.9 Å². The third-order valence-corrected chi connectivity index (χ3v) is 4.68. The van der Waals surface area contributed by atoms with Crippen molar-refractivity contribution in [1.29, 1.82) is 0 Å². The second-order valence-electron chi connectivity index (χ2n) is 6.64. The smallest absolute Gasteiger partial charge is 0.356 e. The van der Waals surface area contributed by atoms with E-state index in [0.29, 0.717) is 11.6 Å². The van der Waals surface area contributed by atoms with Crippen molar-refractivity contribution in [2.45, 2.75) is 25.4 Å². The Bertz CT molecular complexity index is 949. The van der Waals surface area contributed by atoms with E-state index in [0.717, 1.165) is 54.8 Å². The van der Waals surface area contributed by atoms with Gasteiger partial charge in [0.15, 0.2) is 0 Å². The Hall–Kier alpha value is -2.83. The van der Waals surface area contributed by atoms with Gasteiger partial charge < -0.3 is 10.2 Å². The maximum absolute atomic E-state index is 13.0. The van der Waals surface area contributed by atoms with Gasteiger partial charge in [0.2, 0.25) is 5.95 Å². The molecule has 1 aliphatic rings. The lowest BCUT2D eigenvalue weighted by atomic mass is 10.1. The topological polar surface area (TPSA) is 41.1 Å². The first-order valence-electron chi connectivity index (χ1n) is 8.97. The minimum atomic E-state index is -4.39. The standard InChI is InChI=1S/C20H19F3N4/c21-20(22,23)14-7-6-8-15(13-14)24-19-25-17-10-3-2-9-16(17)18(26-19)27-11-4-1-5-12-27/h2-3,6-10,13H,1,4-5,11-12H2,(H,24,25,26). The number of fused-ring (bicyclic) bond motifs is 1. The van der Waals surface area contributed by atoms with E-state index >= 15 is 0 Å². The van der Waals surface area contributed by atoms with E-state index in [1.54, 1.807) is 6.07 Å². The molecule has 1 aliphatic heterocycles. The fraction of sp³-hybridized carbons (Fsp3) is 0.300. The number of aromatic nitrogens is 2. The second-order valence-corrected chi connectivity index (χ2v) is 6.64. The summed E-state index contributed by atoms with van der Waals surface area (Å²) in [5.74, 6) is 1.13. The molecule has 140 valence electrons. The summed E-state index contributed by atoms with van der Waals surface area (Å²) in [5.41, 5.74) is 0.372. The van der Waals surface area contributed by atoms with Crippen molar-refractivity contribution in [3.05, 3.63) is 54.1 Å². The molecule has 0 bridgehead atoms. The Morgan fingerprint density at radius 1 is 0.889 bits per heavy atom. The van der Waals surface area contributed by atoms with Gasteiger partial charge in [-0.25, -0.2) is 4.98 Å². The van der Waals surface area contributed by atoms with Crippen LogP contribution in [0.5, 0.6) is 0 Å². The first-order valence-corrected chi connectivity index (χ1v) is 8.97. The number of anilines is 3. The van der Waals surface area contributed by atoms with Crippen LogP contribution >= 0.6 is 0 Å². The van der Waals surface area contributed by atoms with Crippen molar-refractivity contribution >= 4 is 28.4 Å². The molecule has 0 spiro atoms. The molecule has 3 aromatic rings. The Balaban J connectivity index is 1.72. The van der Waals surface area contributed by atoms with E-state index < -0.39 is 11.7 Å². The number of nitrogens with one attached hydrogen (secondary N) is 1. The molecule has 1 aromatic heterocycles. The van der Waals surface area contributed by atoms with Gasteiger partial charge in [0.1, 0.15) is 5.82 Å². The summed E-state index contributed by atoms with van der Waals surface area (Å²) >= 11 is 0. The summed E-state index contributed by atoms with van der Waals surface area (Å²) in [4.78, 5) is 11.3. The maximum atomic E-state index is 13.0. The molecule has 0 unspecified atom stereocenters. The van der Waals surface area contributed by atoms with Gasteiger partial charge in [0, 0.05) is 24.2 Å². The third kappa shape index (κ3) is 3.82. The first kappa shape index (κ1) is 17.6. The molecule has 27 heavy (non-hydrogen) atoms. The van der Waals surface area contributed by atoms with Crippen molar-refractivity contribution in [3.63, 3.8) is 0 Å². The summed E-state index contributed by atoms with van der Waals surface area (Å²) < 4.78 is 38.9. The van der Waals surface area contributed by atoms with Crippen molar-refractivity contribution in [1.82, 2.24) is 9.97 Å². The monoisotopic (exact) mass is 372 g/mol. The van der Waals surface area contributed by atoms with Crippen LogP contribution in [0.3, 0.4) is 0 Å². The van der Waals surface area contributed by atoms with E-state index in [1.807, 2.05) is 24.3 Å². The minimum absolute atomic E-state index is 0.300. The second kappa shape index (κ2) is 7.06. The van der Waals surface area contributed by atoms with Gasteiger partial charge in [-0.05, 0) is 49.6 Å². The summed E-state index contributed by atoms with van der Waals surface area (Å²) in [6, 6.07) is 12.8. The quantitative estimate of drug-likeness (QED) is 0.670. The van der Waals surface area contributed by atoms with E-state index in [-0.39, 0.29) is 0 Å². The molecular formula is C20H19F3N4. The molecule has 0 saturated carbocycles. The van der Waals surface area contributed by atoms with Gasteiger partial charge in [0.25, 0.3) is 0 Å². The van der Waals surface area contributed by atoms with Crippen LogP contribution in [-0.2, 0) is 6.18 Å². The fourth-order valence-electron chi connectivity index (χ4n) is 3.36. The highest BCUT2D eigenvalue weighted by atomic mass is 19.4. The largest absolute Gasteiger partial charge is 0.416 e. The number of para-hydroxylation sites is 1. The Morgan fingerprint density at radius 2 is 1.67 bits per heavy atom. The van der Waals surface area contributed by atoms with Crippen LogP contribution in [0.1, 0.15) is 24.8 Å². The van der Waals surface area contributed by atoms with Gasteiger partial charge in [-0.3, -0.25) is 0 Å². The third-order valence-electron chi connectivity index (χ3n) is 4.68. The number of hydrogen-bond acceptors (Lipinski definition) is 4. The van der Waals surface area contributed by atoms with Crippen LogP contribution in [0.4, 0.5) is 30.6 Å². The van der Waals surface area contributed by atoms with Crippen LogP contribution in [0.2, 0.25) is 0 Å². The SMILES string of the molecule is FC(F)(F)c1cccc(Nc2nc(N3CCCCC3)c3ccccc3n2)c1.